The number of rotatable bonds is 2. The molecule has 2 fully saturated rings. The van der Waals surface area contributed by atoms with Gasteiger partial charge in [0.2, 0.25) is 5.91 Å². The summed E-state index contributed by atoms with van der Waals surface area (Å²) in [6.45, 7) is 4.74. The molecule has 2 atom stereocenters. The Bertz CT molecular complexity index is 227. The van der Waals surface area contributed by atoms with E-state index < -0.39 is 0 Å². The predicted molar refractivity (Wildman–Crippen MR) is 57.6 cm³/mol. The highest BCUT2D eigenvalue weighted by Gasteiger charge is 2.28. The third-order valence-corrected chi connectivity index (χ3v) is 3.41. The highest BCUT2D eigenvalue weighted by Crippen LogP contribution is 2.16. The lowest BCUT2D eigenvalue weighted by Crippen LogP contribution is -2.45. The molecule has 2 N–H and O–H groups in total. The highest BCUT2D eigenvalue weighted by molar-refractivity contribution is 5.79. The summed E-state index contributed by atoms with van der Waals surface area (Å²) in [4.78, 5) is 11.9. The maximum Gasteiger partial charge on any atom is 0.223 e. The van der Waals surface area contributed by atoms with Crippen molar-refractivity contribution in [2.75, 3.05) is 19.7 Å². The normalized spacial score (nSPS) is 32.9. The monoisotopic (exact) mass is 212 g/mol. The summed E-state index contributed by atoms with van der Waals surface area (Å²) < 4.78 is 5.43. The molecule has 2 rings (SSSR count). The molecule has 0 bridgehead atoms. The van der Waals surface area contributed by atoms with Crippen molar-refractivity contribution in [1.82, 2.24) is 10.6 Å². The summed E-state index contributed by atoms with van der Waals surface area (Å²) in [6, 6.07) is 0.229. The van der Waals surface area contributed by atoms with Crippen LogP contribution in [-0.4, -0.2) is 37.7 Å². The second kappa shape index (κ2) is 4.94. The predicted octanol–water partition coefficient (Wildman–Crippen LogP) is 0.280. The Morgan fingerprint density at radius 3 is 2.67 bits per heavy atom. The van der Waals surface area contributed by atoms with Gasteiger partial charge in [0, 0.05) is 12.5 Å². The standard InChI is InChI=1S/C11H20N2O2/c1-8-10(4-7-15-8)13-11(14)9-2-5-12-6-3-9/h8-10,12H,2-7H2,1H3,(H,13,14). The van der Waals surface area contributed by atoms with Crippen molar-refractivity contribution < 1.29 is 9.53 Å². The molecule has 0 aromatic heterocycles. The number of piperidine rings is 1. The van der Waals surface area contributed by atoms with Crippen LogP contribution in [0.3, 0.4) is 0 Å². The van der Waals surface area contributed by atoms with Gasteiger partial charge >= 0.3 is 0 Å². The van der Waals surface area contributed by atoms with E-state index in [1.807, 2.05) is 6.92 Å². The molecule has 0 aromatic carbocycles. The number of carbonyl (C=O) groups excluding carboxylic acids is 1. The fourth-order valence-corrected chi connectivity index (χ4v) is 2.31. The third-order valence-electron chi connectivity index (χ3n) is 3.41. The van der Waals surface area contributed by atoms with E-state index in [9.17, 15) is 4.79 Å². The first-order valence-electron chi connectivity index (χ1n) is 5.90. The van der Waals surface area contributed by atoms with Crippen molar-refractivity contribution >= 4 is 5.91 Å². The quantitative estimate of drug-likeness (QED) is 0.691. The zero-order chi connectivity index (χ0) is 10.7. The molecule has 0 aromatic rings. The number of hydrogen-bond acceptors (Lipinski definition) is 3. The summed E-state index contributed by atoms with van der Waals surface area (Å²) in [5.41, 5.74) is 0. The first-order valence-corrected chi connectivity index (χ1v) is 5.90. The molecule has 86 valence electrons. The van der Waals surface area contributed by atoms with Crippen molar-refractivity contribution in [3.8, 4) is 0 Å². The molecule has 2 aliphatic rings. The van der Waals surface area contributed by atoms with Crippen molar-refractivity contribution in [1.29, 1.82) is 0 Å². The summed E-state index contributed by atoms with van der Waals surface area (Å²) >= 11 is 0. The lowest BCUT2D eigenvalue weighted by Gasteiger charge is -2.24. The average Bonchev–Trinajstić information content (AvgIpc) is 2.66. The van der Waals surface area contributed by atoms with Crippen LogP contribution in [0.4, 0.5) is 0 Å². The van der Waals surface area contributed by atoms with Gasteiger partial charge in [0.15, 0.2) is 0 Å². The fourth-order valence-electron chi connectivity index (χ4n) is 2.31. The van der Waals surface area contributed by atoms with Gasteiger partial charge in [-0.15, -0.1) is 0 Å². The van der Waals surface area contributed by atoms with Crippen LogP contribution in [0.2, 0.25) is 0 Å². The van der Waals surface area contributed by atoms with E-state index in [-0.39, 0.29) is 24.0 Å². The Labute approximate surface area is 90.8 Å². The van der Waals surface area contributed by atoms with Crippen LogP contribution in [0, 0.1) is 5.92 Å². The second-order valence-corrected chi connectivity index (χ2v) is 4.50. The Balaban J connectivity index is 1.80. The van der Waals surface area contributed by atoms with Crippen molar-refractivity contribution in [3.05, 3.63) is 0 Å². The zero-order valence-electron chi connectivity index (χ0n) is 9.29. The first kappa shape index (κ1) is 10.9. The summed E-state index contributed by atoms with van der Waals surface area (Å²) in [7, 11) is 0. The molecule has 4 nitrogen and oxygen atoms in total. The summed E-state index contributed by atoms with van der Waals surface area (Å²) in [6.07, 6.45) is 3.06. The van der Waals surface area contributed by atoms with E-state index >= 15 is 0 Å². The molecule has 0 spiro atoms. The topological polar surface area (TPSA) is 50.4 Å². The molecule has 4 heteroatoms. The van der Waals surface area contributed by atoms with Gasteiger partial charge in [0.25, 0.3) is 0 Å². The van der Waals surface area contributed by atoms with Gasteiger partial charge in [-0.3, -0.25) is 4.79 Å². The van der Waals surface area contributed by atoms with Crippen LogP contribution in [-0.2, 0) is 9.53 Å². The molecular formula is C11H20N2O2. The van der Waals surface area contributed by atoms with E-state index in [2.05, 4.69) is 10.6 Å². The molecule has 2 unspecified atom stereocenters. The number of nitrogens with one attached hydrogen (secondary N) is 2. The molecular weight excluding hydrogens is 192 g/mol. The number of ether oxygens (including phenoxy) is 1. The molecule has 0 saturated carbocycles. The van der Waals surface area contributed by atoms with Gasteiger partial charge in [-0.05, 0) is 39.3 Å². The van der Waals surface area contributed by atoms with Gasteiger partial charge < -0.3 is 15.4 Å². The van der Waals surface area contributed by atoms with E-state index in [0.717, 1.165) is 39.0 Å². The molecule has 2 heterocycles. The van der Waals surface area contributed by atoms with Gasteiger partial charge in [-0.1, -0.05) is 0 Å². The highest BCUT2D eigenvalue weighted by atomic mass is 16.5. The second-order valence-electron chi connectivity index (χ2n) is 4.50. The Hall–Kier alpha value is -0.610. The molecule has 0 aliphatic carbocycles. The lowest BCUT2D eigenvalue weighted by molar-refractivity contribution is -0.126. The maximum absolute atomic E-state index is 11.9. The number of carbonyl (C=O) groups is 1. The SMILES string of the molecule is CC1OCCC1NC(=O)C1CCNCC1. The Morgan fingerprint density at radius 1 is 1.33 bits per heavy atom. The fraction of sp³-hybridized carbons (Fsp3) is 0.909. The minimum Gasteiger partial charge on any atom is -0.376 e. The van der Waals surface area contributed by atoms with Gasteiger partial charge in [-0.2, -0.15) is 0 Å². The Kier molecular flexibility index (Phi) is 3.59. The summed E-state index contributed by atoms with van der Waals surface area (Å²) in [5, 5.41) is 6.37. The largest absolute Gasteiger partial charge is 0.376 e. The van der Waals surface area contributed by atoms with Crippen molar-refractivity contribution in [3.63, 3.8) is 0 Å². The number of amides is 1. The van der Waals surface area contributed by atoms with Crippen LogP contribution in [0.5, 0.6) is 0 Å². The van der Waals surface area contributed by atoms with Crippen LogP contribution in [0.25, 0.3) is 0 Å². The van der Waals surface area contributed by atoms with E-state index in [4.69, 9.17) is 4.74 Å². The van der Waals surface area contributed by atoms with Crippen LogP contribution in [0.1, 0.15) is 26.2 Å². The minimum atomic E-state index is 0.177. The third kappa shape index (κ3) is 2.69. The van der Waals surface area contributed by atoms with Crippen molar-refractivity contribution in [2.45, 2.75) is 38.3 Å². The van der Waals surface area contributed by atoms with Crippen LogP contribution in [0.15, 0.2) is 0 Å². The molecule has 2 saturated heterocycles. The van der Waals surface area contributed by atoms with Gasteiger partial charge in [0.05, 0.1) is 12.1 Å². The molecule has 2 aliphatic heterocycles. The van der Waals surface area contributed by atoms with Gasteiger partial charge in [0.1, 0.15) is 0 Å². The first-order chi connectivity index (χ1) is 7.27. The van der Waals surface area contributed by atoms with Gasteiger partial charge in [-0.25, -0.2) is 0 Å². The van der Waals surface area contributed by atoms with E-state index in [1.165, 1.54) is 0 Å². The summed E-state index contributed by atoms with van der Waals surface area (Å²) in [5.74, 6) is 0.429. The lowest BCUT2D eigenvalue weighted by atomic mass is 9.96. The Morgan fingerprint density at radius 2 is 2.07 bits per heavy atom. The molecule has 1 amide bonds. The van der Waals surface area contributed by atoms with Crippen LogP contribution >= 0.6 is 0 Å². The van der Waals surface area contributed by atoms with Crippen LogP contribution < -0.4 is 10.6 Å². The molecule has 0 radical (unpaired) electrons. The smallest absolute Gasteiger partial charge is 0.223 e. The van der Waals surface area contributed by atoms with E-state index in [1.54, 1.807) is 0 Å². The van der Waals surface area contributed by atoms with Crippen molar-refractivity contribution in [2.24, 2.45) is 5.92 Å². The van der Waals surface area contributed by atoms with E-state index in [0.29, 0.717) is 0 Å². The molecule has 15 heavy (non-hydrogen) atoms. The zero-order valence-corrected chi connectivity index (χ0v) is 9.29. The maximum atomic E-state index is 11.9. The average molecular weight is 212 g/mol. The number of hydrogen-bond donors (Lipinski definition) is 2. The minimum absolute atomic E-state index is 0.177.